The fourth-order valence-electron chi connectivity index (χ4n) is 2.31. The topological polar surface area (TPSA) is 90.3 Å². The number of halogens is 1. The van der Waals surface area contributed by atoms with Crippen molar-refractivity contribution in [2.24, 2.45) is 0 Å². The summed E-state index contributed by atoms with van der Waals surface area (Å²) in [7, 11) is -3.61. The molecule has 0 aliphatic carbocycles. The first kappa shape index (κ1) is 19.6. The summed E-state index contributed by atoms with van der Waals surface area (Å²) in [5.74, 6) is -0.915. The molecule has 0 radical (unpaired) electrons. The molecule has 2 aromatic rings. The summed E-state index contributed by atoms with van der Waals surface area (Å²) >= 11 is 0. The van der Waals surface area contributed by atoms with E-state index in [4.69, 9.17) is 5.26 Å². The molecule has 0 unspecified atom stereocenters. The first-order valence-corrected chi connectivity index (χ1v) is 9.63. The van der Waals surface area contributed by atoms with Gasteiger partial charge in [-0.1, -0.05) is 24.3 Å². The minimum absolute atomic E-state index is 0.0811. The van der Waals surface area contributed by atoms with Gasteiger partial charge in [-0.2, -0.15) is 9.57 Å². The number of amides is 1. The molecule has 1 N–H and O–H groups in total. The van der Waals surface area contributed by atoms with Gasteiger partial charge in [0.05, 0.1) is 24.1 Å². The van der Waals surface area contributed by atoms with E-state index < -0.39 is 15.9 Å². The van der Waals surface area contributed by atoms with Crippen molar-refractivity contribution in [2.75, 3.05) is 24.7 Å². The zero-order valence-corrected chi connectivity index (χ0v) is 15.0. The predicted molar refractivity (Wildman–Crippen MR) is 96.3 cm³/mol. The van der Waals surface area contributed by atoms with E-state index in [-0.39, 0.29) is 24.5 Å². The van der Waals surface area contributed by atoms with Crippen molar-refractivity contribution >= 4 is 21.6 Å². The highest BCUT2D eigenvalue weighted by molar-refractivity contribution is 7.88. The lowest BCUT2D eigenvalue weighted by Crippen LogP contribution is -2.38. The zero-order chi connectivity index (χ0) is 19.2. The number of benzene rings is 2. The van der Waals surface area contributed by atoms with E-state index >= 15 is 0 Å². The Hall–Kier alpha value is -2.76. The first-order valence-electron chi connectivity index (χ1n) is 7.78. The van der Waals surface area contributed by atoms with Crippen molar-refractivity contribution < 1.29 is 17.6 Å². The lowest BCUT2D eigenvalue weighted by atomic mass is 10.1. The normalized spacial score (nSPS) is 11.2. The standard InChI is InChI=1S/C18H18FN3O3S/c1-26(24,25)22(11-10-14-6-8-16(19)9-7-14)13-18(23)21-17-5-3-2-4-15(17)12-20/h2-9H,10-11,13H2,1H3,(H,21,23). The van der Waals surface area contributed by atoms with E-state index in [2.05, 4.69) is 5.32 Å². The van der Waals surface area contributed by atoms with Crippen LogP contribution in [0.25, 0.3) is 0 Å². The average Bonchev–Trinajstić information content (AvgIpc) is 2.59. The van der Waals surface area contributed by atoms with Crippen molar-refractivity contribution in [3.8, 4) is 6.07 Å². The van der Waals surface area contributed by atoms with Crippen LogP contribution in [0.4, 0.5) is 10.1 Å². The third-order valence-corrected chi connectivity index (χ3v) is 4.92. The molecule has 0 bridgehead atoms. The highest BCUT2D eigenvalue weighted by Crippen LogP contribution is 2.14. The van der Waals surface area contributed by atoms with Crippen molar-refractivity contribution in [3.05, 3.63) is 65.5 Å². The molecule has 8 heteroatoms. The molecule has 0 saturated heterocycles. The largest absolute Gasteiger partial charge is 0.324 e. The Bertz CT molecular complexity index is 921. The molecule has 0 atom stereocenters. The second-order valence-corrected chi connectivity index (χ2v) is 7.66. The van der Waals surface area contributed by atoms with Gasteiger partial charge >= 0.3 is 0 Å². The van der Waals surface area contributed by atoms with E-state index in [1.807, 2.05) is 6.07 Å². The number of anilines is 1. The second-order valence-electron chi connectivity index (χ2n) is 5.68. The maximum absolute atomic E-state index is 12.9. The zero-order valence-electron chi connectivity index (χ0n) is 14.1. The molecule has 2 aromatic carbocycles. The maximum atomic E-state index is 12.9. The molecule has 1 amide bonds. The second kappa shape index (κ2) is 8.56. The van der Waals surface area contributed by atoms with Crippen molar-refractivity contribution in [2.45, 2.75) is 6.42 Å². The van der Waals surface area contributed by atoms with Crippen molar-refractivity contribution in [1.82, 2.24) is 4.31 Å². The van der Waals surface area contributed by atoms with Crippen LogP contribution in [0.3, 0.4) is 0 Å². The van der Waals surface area contributed by atoms with Crippen molar-refractivity contribution in [1.29, 1.82) is 5.26 Å². The molecule has 6 nitrogen and oxygen atoms in total. The number of hydrogen-bond donors (Lipinski definition) is 1. The number of hydrogen-bond acceptors (Lipinski definition) is 4. The molecule has 0 fully saturated rings. The lowest BCUT2D eigenvalue weighted by molar-refractivity contribution is -0.116. The smallest absolute Gasteiger partial charge is 0.239 e. The molecule has 136 valence electrons. The fraction of sp³-hybridized carbons (Fsp3) is 0.222. The third kappa shape index (κ3) is 5.65. The summed E-state index contributed by atoms with van der Waals surface area (Å²) in [5.41, 5.74) is 1.38. The molecule has 0 spiro atoms. The molecule has 0 aromatic heterocycles. The molecule has 0 aliphatic rings. The minimum atomic E-state index is -3.61. The van der Waals surface area contributed by atoms with Crippen LogP contribution in [0.1, 0.15) is 11.1 Å². The van der Waals surface area contributed by atoms with Crippen LogP contribution in [0.15, 0.2) is 48.5 Å². The van der Waals surface area contributed by atoms with E-state index in [9.17, 15) is 17.6 Å². The highest BCUT2D eigenvalue weighted by atomic mass is 32.2. The molecular weight excluding hydrogens is 357 g/mol. The highest BCUT2D eigenvalue weighted by Gasteiger charge is 2.20. The minimum Gasteiger partial charge on any atom is -0.324 e. The summed E-state index contributed by atoms with van der Waals surface area (Å²) in [5, 5.41) is 11.6. The summed E-state index contributed by atoms with van der Waals surface area (Å²) < 4.78 is 37.9. The van der Waals surface area contributed by atoms with Gasteiger partial charge in [0, 0.05) is 6.54 Å². The number of nitrogens with one attached hydrogen (secondary N) is 1. The van der Waals surface area contributed by atoms with Crippen LogP contribution < -0.4 is 5.32 Å². The molecule has 0 heterocycles. The molecule has 0 aliphatic heterocycles. The summed E-state index contributed by atoms with van der Waals surface area (Å²) in [6, 6.07) is 14.1. The Morgan fingerprint density at radius 1 is 1.19 bits per heavy atom. The number of nitrogens with zero attached hydrogens (tertiary/aromatic N) is 2. The van der Waals surface area contributed by atoms with Gasteiger partial charge in [-0.3, -0.25) is 4.79 Å². The van der Waals surface area contributed by atoms with Crippen LogP contribution in [0.5, 0.6) is 0 Å². The number of rotatable bonds is 7. The Balaban J connectivity index is 2.04. The van der Waals surface area contributed by atoms with E-state index in [1.54, 1.807) is 36.4 Å². The van der Waals surface area contributed by atoms with Gasteiger partial charge in [0.25, 0.3) is 0 Å². The van der Waals surface area contributed by atoms with E-state index in [0.717, 1.165) is 16.1 Å². The average molecular weight is 375 g/mol. The molecule has 26 heavy (non-hydrogen) atoms. The maximum Gasteiger partial charge on any atom is 0.239 e. The number of nitriles is 1. The van der Waals surface area contributed by atoms with E-state index in [1.165, 1.54) is 12.1 Å². The van der Waals surface area contributed by atoms with Crippen LogP contribution in [0, 0.1) is 17.1 Å². The Morgan fingerprint density at radius 3 is 2.46 bits per heavy atom. The molecular formula is C18H18FN3O3S. The van der Waals surface area contributed by atoms with Crippen LogP contribution >= 0.6 is 0 Å². The Labute approximate surface area is 151 Å². The van der Waals surface area contributed by atoms with Gasteiger partial charge in [-0.25, -0.2) is 12.8 Å². The summed E-state index contributed by atoms with van der Waals surface area (Å²) in [6.07, 6.45) is 1.36. The first-order chi connectivity index (χ1) is 12.3. The Morgan fingerprint density at radius 2 is 1.85 bits per heavy atom. The molecule has 2 rings (SSSR count). The Kier molecular flexibility index (Phi) is 6.44. The predicted octanol–water partition coefficient (Wildman–Crippen LogP) is 2.14. The van der Waals surface area contributed by atoms with Crippen LogP contribution in [0.2, 0.25) is 0 Å². The van der Waals surface area contributed by atoms with Crippen molar-refractivity contribution in [3.63, 3.8) is 0 Å². The molecule has 0 saturated carbocycles. The monoisotopic (exact) mass is 375 g/mol. The van der Waals surface area contributed by atoms with Gasteiger partial charge in [0.1, 0.15) is 11.9 Å². The van der Waals surface area contributed by atoms with E-state index in [0.29, 0.717) is 12.1 Å². The number of carbonyl (C=O) groups is 1. The fourth-order valence-corrected chi connectivity index (χ4v) is 3.08. The third-order valence-electron chi connectivity index (χ3n) is 3.67. The summed E-state index contributed by atoms with van der Waals surface area (Å²) in [4.78, 5) is 12.2. The van der Waals surface area contributed by atoms with Gasteiger partial charge in [0.15, 0.2) is 0 Å². The SMILES string of the molecule is CS(=O)(=O)N(CCc1ccc(F)cc1)CC(=O)Nc1ccccc1C#N. The van der Waals surface area contributed by atoms with Crippen LogP contribution in [-0.4, -0.2) is 38.0 Å². The number of para-hydroxylation sites is 1. The quantitative estimate of drug-likeness (QED) is 0.803. The lowest BCUT2D eigenvalue weighted by Gasteiger charge is -2.19. The van der Waals surface area contributed by atoms with Gasteiger partial charge < -0.3 is 5.32 Å². The van der Waals surface area contributed by atoms with Gasteiger partial charge in [0.2, 0.25) is 15.9 Å². The summed E-state index contributed by atoms with van der Waals surface area (Å²) in [6.45, 7) is -0.294. The van der Waals surface area contributed by atoms with Gasteiger partial charge in [-0.15, -0.1) is 0 Å². The number of sulfonamides is 1. The van der Waals surface area contributed by atoms with Gasteiger partial charge in [-0.05, 0) is 36.2 Å². The van der Waals surface area contributed by atoms with Crippen LogP contribution in [-0.2, 0) is 21.2 Å². The number of carbonyl (C=O) groups excluding carboxylic acids is 1.